The first-order valence-corrected chi connectivity index (χ1v) is 7.56. The number of aromatic amines is 1. The molecule has 2 aliphatic heterocycles. The summed E-state index contributed by atoms with van der Waals surface area (Å²) in [5.74, 6) is 0.590. The Morgan fingerprint density at radius 1 is 1.43 bits per heavy atom. The molecule has 0 aromatic carbocycles. The van der Waals surface area contributed by atoms with Crippen LogP contribution in [0.5, 0.6) is 0 Å². The highest BCUT2D eigenvalue weighted by molar-refractivity contribution is 5.92. The summed E-state index contributed by atoms with van der Waals surface area (Å²) in [5, 5.41) is 6.37. The van der Waals surface area contributed by atoms with Gasteiger partial charge in [0.2, 0.25) is 0 Å². The molecule has 3 fully saturated rings. The minimum absolute atomic E-state index is 0.253. The van der Waals surface area contributed by atoms with E-state index in [0.717, 1.165) is 11.5 Å². The second-order valence-corrected chi connectivity index (χ2v) is 6.20. The summed E-state index contributed by atoms with van der Waals surface area (Å²) >= 11 is 0. The second kappa shape index (κ2) is 5.18. The van der Waals surface area contributed by atoms with E-state index in [1.165, 1.54) is 45.0 Å². The van der Waals surface area contributed by atoms with Gasteiger partial charge in [-0.25, -0.2) is 0 Å². The molecule has 6 nitrogen and oxygen atoms in total. The molecule has 1 aromatic heterocycles. The van der Waals surface area contributed by atoms with Gasteiger partial charge < -0.3 is 11.5 Å². The normalized spacial score (nSPS) is 29.9. The summed E-state index contributed by atoms with van der Waals surface area (Å²) in [6.45, 7) is 4.58. The van der Waals surface area contributed by atoms with E-state index in [2.05, 4.69) is 15.1 Å². The molecule has 114 valence electrons. The first-order valence-electron chi connectivity index (χ1n) is 7.56. The molecule has 0 bridgehead atoms. The van der Waals surface area contributed by atoms with E-state index in [1.807, 2.05) is 0 Å². The maximum atomic E-state index is 10.7. The fourth-order valence-corrected chi connectivity index (χ4v) is 3.95. The highest BCUT2D eigenvalue weighted by Gasteiger charge is 2.59. The van der Waals surface area contributed by atoms with Gasteiger partial charge in [0.05, 0.1) is 5.69 Å². The van der Waals surface area contributed by atoms with Crippen molar-refractivity contribution in [2.24, 2.45) is 17.4 Å². The van der Waals surface area contributed by atoms with Crippen LogP contribution in [0.25, 0.3) is 6.08 Å². The highest BCUT2D eigenvalue weighted by Crippen LogP contribution is 2.57. The molecule has 21 heavy (non-hydrogen) atoms. The van der Waals surface area contributed by atoms with Gasteiger partial charge in [-0.15, -0.1) is 0 Å². The minimum atomic E-state index is -0.541. The largest absolute Gasteiger partial charge is 0.405 e. The molecule has 1 amide bonds. The lowest BCUT2D eigenvalue weighted by Gasteiger charge is -2.58. The lowest BCUT2D eigenvalue weighted by Crippen LogP contribution is -2.63. The molecule has 3 aliphatic rings. The van der Waals surface area contributed by atoms with Crippen molar-refractivity contribution in [3.8, 4) is 0 Å². The topological polar surface area (TPSA) is 101 Å². The van der Waals surface area contributed by atoms with Gasteiger partial charge in [0.1, 0.15) is 0 Å². The zero-order valence-electron chi connectivity index (χ0n) is 12.4. The van der Waals surface area contributed by atoms with E-state index in [0.29, 0.717) is 11.3 Å². The van der Waals surface area contributed by atoms with Gasteiger partial charge in [0.15, 0.2) is 5.69 Å². The quantitative estimate of drug-likeness (QED) is 0.755. The number of nitrogens with zero attached hydrogens (tertiary/aromatic N) is 2. The maximum Gasteiger partial charge on any atom is 0.269 e. The lowest BCUT2D eigenvalue weighted by atomic mass is 9.62. The summed E-state index contributed by atoms with van der Waals surface area (Å²) in [6.07, 6.45) is 9.09. The molecule has 5 N–H and O–H groups in total. The van der Waals surface area contributed by atoms with Gasteiger partial charge in [0, 0.05) is 17.6 Å². The van der Waals surface area contributed by atoms with Crippen LogP contribution < -0.4 is 11.5 Å². The van der Waals surface area contributed by atoms with Crippen molar-refractivity contribution >= 4 is 12.0 Å². The third kappa shape index (κ3) is 2.14. The Hall–Kier alpha value is -1.82. The van der Waals surface area contributed by atoms with Gasteiger partial charge in [-0.2, -0.15) is 5.10 Å². The van der Waals surface area contributed by atoms with Gasteiger partial charge >= 0.3 is 0 Å². The smallest absolute Gasteiger partial charge is 0.269 e. The van der Waals surface area contributed by atoms with E-state index in [4.69, 9.17) is 11.5 Å². The third-order valence-corrected chi connectivity index (χ3v) is 5.42. The molecule has 2 saturated heterocycles. The van der Waals surface area contributed by atoms with Gasteiger partial charge in [-0.1, -0.05) is 0 Å². The summed E-state index contributed by atoms with van der Waals surface area (Å²) in [7, 11) is 0. The van der Waals surface area contributed by atoms with E-state index < -0.39 is 5.91 Å². The van der Waals surface area contributed by atoms with Crippen LogP contribution in [-0.4, -0.2) is 39.6 Å². The Bertz CT molecular complexity index is 559. The Labute approximate surface area is 124 Å². The van der Waals surface area contributed by atoms with Gasteiger partial charge in [-0.3, -0.25) is 14.8 Å². The zero-order valence-corrected chi connectivity index (χ0v) is 12.4. The molecular formula is C15H23N5O. The first kappa shape index (κ1) is 14.1. The van der Waals surface area contributed by atoms with Crippen LogP contribution in [0.15, 0.2) is 6.20 Å². The number of hydrogen-bond acceptors (Lipinski definition) is 4. The number of rotatable bonds is 2. The number of nitrogens with two attached hydrogens (primary N) is 2. The zero-order chi connectivity index (χ0) is 15.0. The fourth-order valence-electron chi connectivity index (χ4n) is 3.95. The maximum absolute atomic E-state index is 10.7. The van der Waals surface area contributed by atoms with E-state index in [1.54, 1.807) is 13.0 Å². The molecular weight excluding hydrogens is 266 g/mol. The van der Waals surface area contributed by atoms with Crippen molar-refractivity contribution in [3.63, 3.8) is 0 Å². The average molecular weight is 289 g/mol. The molecule has 1 aliphatic carbocycles. The standard InChI is InChI=1S/C8H13N.C7H10N4O/c1-3-8-4-6-9(8)5-2-7(1)8;1-4-5(2-3-8)10-11-6(4)7(9)12/h7H,1-6H2;2-3H,8H2,1H3,(H2,9,12)(H,10,11)/b;3-2-. The van der Waals surface area contributed by atoms with Crippen molar-refractivity contribution in [1.82, 2.24) is 15.1 Å². The number of nitrogens with one attached hydrogen (secondary N) is 1. The summed E-state index contributed by atoms with van der Waals surface area (Å²) in [6, 6.07) is 0. The fraction of sp³-hybridized carbons (Fsp3) is 0.600. The van der Waals surface area contributed by atoms with Crippen molar-refractivity contribution < 1.29 is 4.79 Å². The molecule has 0 radical (unpaired) electrons. The van der Waals surface area contributed by atoms with Crippen LogP contribution in [0.4, 0.5) is 0 Å². The number of carbonyl (C=O) groups excluding carboxylic acids is 1. The number of H-pyrrole nitrogens is 1. The lowest BCUT2D eigenvalue weighted by molar-refractivity contribution is -0.0659. The van der Waals surface area contributed by atoms with Crippen molar-refractivity contribution in [3.05, 3.63) is 23.2 Å². The Morgan fingerprint density at radius 3 is 2.62 bits per heavy atom. The average Bonchev–Trinajstić information content (AvgIpc) is 2.81. The monoisotopic (exact) mass is 289 g/mol. The summed E-state index contributed by atoms with van der Waals surface area (Å²) in [4.78, 5) is 13.4. The minimum Gasteiger partial charge on any atom is -0.405 e. The first-order chi connectivity index (χ1) is 10.1. The molecule has 1 aromatic rings. The van der Waals surface area contributed by atoms with Crippen molar-refractivity contribution in [1.29, 1.82) is 0 Å². The number of aromatic nitrogens is 2. The van der Waals surface area contributed by atoms with Crippen LogP contribution >= 0.6 is 0 Å². The number of hydrogen-bond donors (Lipinski definition) is 3. The predicted octanol–water partition coefficient (Wildman–Crippen LogP) is 0.991. The van der Waals surface area contributed by atoms with Crippen LogP contribution in [0, 0.1) is 12.8 Å². The SMILES string of the molecule is C1CN2CCC23CCC13.Cc1c(C(N)=O)n[nH]c1/C=C\N. The molecule has 6 heteroatoms. The molecule has 4 rings (SSSR count). The highest BCUT2D eigenvalue weighted by atomic mass is 16.1. The second-order valence-electron chi connectivity index (χ2n) is 6.20. The summed E-state index contributed by atoms with van der Waals surface area (Å²) < 4.78 is 0. The van der Waals surface area contributed by atoms with Crippen LogP contribution in [0.3, 0.4) is 0 Å². The van der Waals surface area contributed by atoms with E-state index in [-0.39, 0.29) is 5.69 Å². The Kier molecular flexibility index (Phi) is 3.49. The third-order valence-electron chi connectivity index (χ3n) is 5.42. The number of primary amides is 1. The van der Waals surface area contributed by atoms with Crippen LogP contribution in [-0.2, 0) is 0 Å². The van der Waals surface area contributed by atoms with Crippen LogP contribution in [0.1, 0.15) is 47.4 Å². The van der Waals surface area contributed by atoms with E-state index >= 15 is 0 Å². The molecule has 3 heterocycles. The Balaban J connectivity index is 0.000000129. The summed E-state index contributed by atoms with van der Waals surface area (Å²) in [5.41, 5.74) is 12.7. The van der Waals surface area contributed by atoms with E-state index in [9.17, 15) is 4.79 Å². The molecule has 1 spiro atoms. The number of amides is 1. The molecule has 2 atom stereocenters. The Morgan fingerprint density at radius 2 is 2.24 bits per heavy atom. The molecule has 2 unspecified atom stereocenters. The van der Waals surface area contributed by atoms with Gasteiger partial charge in [-0.05, 0) is 57.3 Å². The predicted molar refractivity (Wildman–Crippen MR) is 81.3 cm³/mol. The van der Waals surface area contributed by atoms with Gasteiger partial charge in [0.25, 0.3) is 5.91 Å². The van der Waals surface area contributed by atoms with Crippen molar-refractivity contribution in [2.75, 3.05) is 13.1 Å². The van der Waals surface area contributed by atoms with Crippen LogP contribution in [0.2, 0.25) is 0 Å². The van der Waals surface area contributed by atoms with Crippen molar-refractivity contribution in [2.45, 2.75) is 38.1 Å². The molecule has 1 saturated carbocycles. The number of carbonyl (C=O) groups is 1.